The largest absolute Gasteiger partial charge is 0.370 e. The zero-order chi connectivity index (χ0) is 15.9. The summed E-state index contributed by atoms with van der Waals surface area (Å²) in [6, 6.07) is 0.505. The van der Waals surface area contributed by atoms with Gasteiger partial charge in [-0.2, -0.15) is 0 Å². The highest BCUT2D eigenvalue weighted by Crippen LogP contribution is 2.17. The quantitative estimate of drug-likeness (QED) is 0.323. The molecule has 1 fully saturated rings. The third-order valence-electron chi connectivity index (χ3n) is 5.01. The summed E-state index contributed by atoms with van der Waals surface area (Å²) in [6.07, 6.45) is 13.4. The van der Waals surface area contributed by atoms with Gasteiger partial charge >= 0.3 is 0 Å². The summed E-state index contributed by atoms with van der Waals surface area (Å²) in [5.41, 5.74) is 6.05. The van der Waals surface area contributed by atoms with E-state index in [2.05, 4.69) is 25.1 Å². The normalized spacial score (nSPS) is 19.8. The fourth-order valence-corrected chi connectivity index (χ4v) is 3.69. The predicted octanol–water partition coefficient (Wildman–Crippen LogP) is 2.79. The third kappa shape index (κ3) is 5.60. The summed E-state index contributed by atoms with van der Waals surface area (Å²) in [5, 5.41) is 12.1. The van der Waals surface area contributed by atoms with Crippen molar-refractivity contribution in [1.82, 2.24) is 20.1 Å². The molecule has 1 aliphatic heterocycles. The van der Waals surface area contributed by atoms with Gasteiger partial charge in [0.1, 0.15) is 11.6 Å². The van der Waals surface area contributed by atoms with Crippen LogP contribution in [0.1, 0.15) is 69.4 Å². The van der Waals surface area contributed by atoms with Crippen LogP contribution in [-0.4, -0.2) is 33.3 Å². The lowest BCUT2D eigenvalue weighted by Gasteiger charge is -2.16. The first-order valence-electron chi connectivity index (χ1n) is 9.30. The van der Waals surface area contributed by atoms with Gasteiger partial charge in [0.2, 0.25) is 0 Å². The van der Waals surface area contributed by atoms with E-state index >= 15 is 0 Å². The first kappa shape index (κ1) is 19.5. The maximum absolute atomic E-state index is 6.05. The number of aliphatic imine (C=N–C) groups is 1. The Kier molecular flexibility index (Phi) is 8.28. The van der Waals surface area contributed by atoms with Gasteiger partial charge in [-0.05, 0) is 25.7 Å². The first-order valence-corrected chi connectivity index (χ1v) is 9.30. The van der Waals surface area contributed by atoms with Gasteiger partial charge in [-0.3, -0.25) is 4.99 Å². The van der Waals surface area contributed by atoms with E-state index in [1.54, 1.807) is 0 Å². The summed E-state index contributed by atoms with van der Waals surface area (Å²) < 4.78 is 2.29. The molecule has 6 nitrogen and oxygen atoms in total. The van der Waals surface area contributed by atoms with Crippen LogP contribution in [0, 0.1) is 0 Å². The lowest BCUT2D eigenvalue weighted by atomic mass is 10.1. The minimum atomic E-state index is 0. The topological polar surface area (TPSA) is 81.1 Å². The molecule has 0 amide bonds. The van der Waals surface area contributed by atoms with Crippen LogP contribution >= 0.6 is 24.0 Å². The van der Waals surface area contributed by atoms with Crippen molar-refractivity contribution in [2.45, 2.75) is 83.2 Å². The zero-order valence-corrected chi connectivity index (χ0v) is 16.9. The number of halogens is 1. The van der Waals surface area contributed by atoms with E-state index in [0.717, 1.165) is 31.0 Å². The molecule has 0 unspecified atom stereocenters. The van der Waals surface area contributed by atoms with Gasteiger partial charge < -0.3 is 15.6 Å². The molecule has 0 radical (unpaired) electrons. The minimum absolute atomic E-state index is 0. The van der Waals surface area contributed by atoms with E-state index in [4.69, 9.17) is 5.73 Å². The van der Waals surface area contributed by atoms with E-state index in [1.807, 2.05) is 0 Å². The molecule has 7 heteroatoms. The molecule has 0 atom stereocenters. The van der Waals surface area contributed by atoms with Crippen LogP contribution in [0.5, 0.6) is 0 Å². The number of nitrogens with zero attached hydrogens (tertiary/aromatic N) is 4. The van der Waals surface area contributed by atoms with Crippen LogP contribution in [0.2, 0.25) is 0 Å². The molecule has 0 aromatic carbocycles. The Balaban J connectivity index is 0.00000208. The molecule has 1 aromatic heterocycles. The lowest BCUT2D eigenvalue weighted by Crippen LogP contribution is -2.40. The number of nitrogens with two attached hydrogens (primary N) is 1. The SMILES string of the molecule is I.NC(=NCCc1nnc2n1CCCCC2)NC1CCCCCC1. The van der Waals surface area contributed by atoms with Crippen LogP contribution < -0.4 is 11.1 Å². The van der Waals surface area contributed by atoms with E-state index in [9.17, 15) is 0 Å². The number of hydrogen-bond donors (Lipinski definition) is 2. The smallest absolute Gasteiger partial charge is 0.188 e. The summed E-state index contributed by atoms with van der Waals surface area (Å²) in [7, 11) is 0. The lowest BCUT2D eigenvalue weighted by molar-refractivity contribution is 0.530. The zero-order valence-electron chi connectivity index (χ0n) is 14.5. The van der Waals surface area contributed by atoms with Crippen LogP contribution in [0.4, 0.5) is 0 Å². The minimum Gasteiger partial charge on any atom is -0.370 e. The van der Waals surface area contributed by atoms with Crippen LogP contribution in [0.3, 0.4) is 0 Å². The second-order valence-electron chi connectivity index (χ2n) is 6.84. The molecular weight excluding hydrogens is 415 g/mol. The van der Waals surface area contributed by atoms with Gasteiger partial charge in [0.05, 0.1) is 0 Å². The molecule has 2 aliphatic rings. The van der Waals surface area contributed by atoms with Crippen LogP contribution in [0.25, 0.3) is 0 Å². The molecule has 1 aliphatic carbocycles. The van der Waals surface area contributed by atoms with Crippen molar-refractivity contribution in [2.24, 2.45) is 10.7 Å². The Morgan fingerprint density at radius 1 is 1.08 bits per heavy atom. The van der Waals surface area contributed by atoms with Crippen LogP contribution in [-0.2, 0) is 19.4 Å². The van der Waals surface area contributed by atoms with Gasteiger partial charge in [-0.25, -0.2) is 0 Å². The molecule has 0 saturated heterocycles. The average Bonchev–Trinajstić information content (AvgIpc) is 2.77. The highest BCUT2D eigenvalue weighted by Gasteiger charge is 2.15. The van der Waals surface area contributed by atoms with Crippen molar-refractivity contribution in [3.8, 4) is 0 Å². The highest BCUT2D eigenvalue weighted by atomic mass is 127. The Morgan fingerprint density at radius 3 is 2.62 bits per heavy atom. The molecule has 1 saturated carbocycles. The Labute approximate surface area is 162 Å². The maximum atomic E-state index is 6.05. The number of rotatable bonds is 4. The van der Waals surface area contributed by atoms with Gasteiger partial charge in [-0.15, -0.1) is 34.2 Å². The molecular formula is C17H31IN6. The van der Waals surface area contributed by atoms with Gasteiger partial charge in [0.15, 0.2) is 5.96 Å². The summed E-state index contributed by atoms with van der Waals surface area (Å²) >= 11 is 0. The Hall–Kier alpha value is -0.860. The van der Waals surface area contributed by atoms with Crippen LogP contribution in [0.15, 0.2) is 4.99 Å². The van der Waals surface area contributed by atoms with E-state index in [1.165, 1.54) is 57.8 Å². The number of guanidine groups is 1. The molecule has 24 heavy (non-hydrogen) atoms. The third-order valence-corrected chi connectivity index (χ3v) is 5.01. The second-order valence-corrected chi connectivity index (χ2v) is 6.84. The van der Waals surface area contributed by atoms with Crippen molar-refractivity contribution in [2.75, 3.05) is 6.54 Å². The van der Waals surface area contributed by atoms with Gasteiger partial charge in [-0.1, -0.05) is 32.1 Å². The monoisotopic (exact) mass is 446 g/mol. The Morgan fingerprint density at radius 2 is 1.83 bits per heavy atom. The molecule has 0 bridgehead atoms. The van der Waals surface area contributed by atoms with Crippen molar-refractivity contribution >= 4 is 29.9 Å². The molecule has 1 aromatic rings. The number of nitrogens with one attached hydrogen (secondary N) is 1. The van der Waals surface area contributed by atoms with Crippen molar-refractivity contribution in [3.63, 3.8) is 0 Å². The van der Waals surface area contributed by atoms with E-state index in [-0.39, 0.29) is 24.0 Å². The maximum Gasteiger partial charge on any atom is 0.188 e. The molecule has 3 N–H and O–H groups in total. The standard InChI is InChI=1S/C17H30N6.HI/c18-17(20-14-8-4-1-2-5-9-14)19-12-11-16-22-21-15-10-6-3-7-13-23(15)16;/h14H,1-13H2,(H3,18,19,20);1H. The molecule has 2 heterocycles. The molecule has 0 spiro atoms. The molecule has 3 rings (SSSR count). The predicted molar refractivity (Wildman–Crippen MR) is 108 cm³/mol. The van der Waals surface area contributed by atoms with Crippen molar-refractivity contribution in [3.05, 3.63) is 11.6 Å². The van der Waals surface area contributed by atoms with Crippen molar-refractivity contribution in [1.29, 1.82) is 0 Å². The van der Waals surface area contributed by atoms with E-state index < -0.39 is 0 Å². The fourth-order valence-electron chi connectivity index (χ4n) is 3.69. The van der Waals surface area contributed by atoms with Crippen molar-refractivity contribution < 1.29 is 0 Å². The fraction of sp³-hybridized carbons (Fsp3) is 0.824. The first-order chi connectivity index (χ1) is 11.3. The number of hydrogen-bond acceptors (Lipinski definition) is 3. The average molecular weight is 446 g/mol. The summed E-state index contributed by atoms with van der Waals surface area (Å²) in [6.45, 7) is 1.74. The summed E-state index contributed by atoms with van der Waals surface area (Å²) in [4.78, 5) is 4.50. The van der Waals surface area contributed by atoms with E-state index in [0.29, 0.717) is 18.5 Å². The van der Waals surface area contributed by atoms with Gasteiger partial charge in [0, 0.05) is 32.0 Å². The van der Waals surface area contributed by atoms with Gasteiger partial charge in [0.25, 0.3) is 0 Å². The molecule has 136 valence electrons. The number of fused-ring (bicyclic) bond motifs is 1. The summed E-state index contributed by atoms with van der Waals surface area (Å²) in [5.74, 6) is 2.80. The second kappa shape index (κ2) is 10.2. The number of aryl methyl sites for hydroxylation is 1. The number of aromatic nitrogens is 3. The highest BCUT2D eigenvalue weighted by molar-refractivity contribution is 14.0. The Bertz CT molecular complexity index is 519.